The van der Waals surface area contributed by atoms with Crippen molar-refractivity contribution in [3.05, 3.63) is 24.3 Å². The van der Waals surface area contributed by atoms with E-state index in [1.807, 2.05) is 20.8 Å². The Morgan fingerprint density at radius 3 is 2.10 bits per heavy atom. The van der Waals surface area contributed by atoms with Crippen LogP contribution in [0.3, 0.4) is 0 Å². The fraction of sp³-hybridized carbons (Fsp3) is 0.571. The number of nitrogens with one attached hydrogen (secondary N) is 1. The molecule has 0 saturated carbocycles. The molecule has 2 fully saturated rings. The fourth-order valence-electron chi connectivity index (χ4n) is 3.99. The normalized spacial score (nSPS) is 20.8. The van der Waals surface area contributed by atoms with Crippen molar-refractivity contribution in [1.82, 2.24) is 14.1 Å². The number of amides is 3. The predicted molar refractivity (Wildman–Crippen MR) is 116 cm³/mol. The van der Waals surface area contributed by atoms with Gasteiger partial charge in [0.2, 0.25) is 27.7 Å². The maximum Gasteiger partial charge on any atom is 0.243 e. The van der Waals surface area contributed by atoms with Gasteiger partial charge in [-0.15, -0.1) is 0 Å². The summed E-state index contributed by atoms with van der Waals surface area (Å²) in [4.78, 5) is 39.9. The summed E-state index contributed by atoms with van der Waals surface area (Å²) >= 11 is 0. The van der Waals surface area contributed by atoms with Crippen LogP contribution in [0.25, 0.3) is 0 Å². The molecular formula is C21H30N4O5S. The first-order valence-electron chi connectivity index (χ1n) is 10.4. The molecule has 1 atom stereocenters. The minimum Gasteiger partial charge on any atom is -0.340 e. The van der Waals surface area contributed by atoms with Crippen molar-refractivity contribution >= 4 is 33.4 Å². The van der Waals surface area contributed by atoms with Crippen LogP contribution in [0, 0.1) is 5.92 Å². The van der Waals surface area contributed by atoms with Crippen molar-refractivity contribution in [2.24, 2.45) is 5.92 Å². The Balaban J connectivity index is 1.60. The van der Waals surface area contributed by atoms with E-state index >= 15 is 0 Å². The highest BCUT2D eigenvalue weighted by Crippen LogP contribution is 2.28. The Bertz CT molecular complexity index is 960. The molecule has 2 heterocycles. The van der Waals surface area contributed by atoms with E-state index in [0.717, 1.165) is 0 Å². The molecule has 10 heteroatoms. The van der Waals surface area contributed by atoms with E-state index < -0.39 is 10.0 Å². The van der Waals surface area contributed by atoms with Gasteiger partial charge in [-0.1, -0.05) is 0 Å². The van der Waals surface area contributed by atoms with Gasteiger partial charge in [-0.3, -0.25) is 14.4 Å². The zero-order valence-corrected chi connectivity index (χ0v) is 19.2. The van der Waals surface area contributed by atoms with Gasteiger partial charge in [0, 0.05) is 57.3 Å². The monoisotopic (exact) mass is 450 g/mol. The van der Waals surface area contributed by atoms with Crippen molar-refractivity contribution in [1.29, 1.82) is 0 Å². The van der Waals surface area contributed by atoms with Crippen molar-refractivity contribution in [2.75, 3.05) is 38.0 Å². The molecule has 1 aromatic carbocycles. The van der Waals surface area contributed by atoms with Crippen LogP contribution in [0.5, 0.6) is 0 Å². The summed E-state index contributed by atoms with van der Waals surface area (Å²) in [6.45, 7) is 8.62. The van der Waals surface area contributed by atoms with Crippen molar-refractivity contribution < 1.29 is 22.8 Å². The summed E-state index contributed by atoms with van der Waals surface area (Å²) in [6.07, 6.45) is 0.204. The Hall–Kier alpha value is -2.46. The molecule has 2 saturated heterocycles. The highest BCUT2D eigenvalue weighted by molar-refractivity contribution is 7.89. The number of hydrogen-bond donors (Lipinski definition) is 1. The zero-order valence-electron chi connectivity index (χ0n) is 18.4. The van der Waals surface area contributed by atoms with Gasteiger partial charge in [-0.25, -0.2) is 8.42 Å². The van der Waals surface area contributed by atoms with Crippen LogP contribution in [-0.2, 0) is 24.4 Å². The lowest BCUT2D eigenvalue weighted by Crippen LogP contribution is -2.52. The highest BCUT2D eigenvalue weighted by Gasteiger charge is 2.41. The van der Waals surface area contributed by atoms with E-state index in [1.165, 1.54) is 23.4 Å². The molecule has 0 aromatic heterocycles. The van der Waals surface area contributed by atoms with Crippen molar-refractivity contribution in [3.63, 3.8) is 0 Å². The lowest BCUT2D eigenvalue weighted by Gasteiger charge is -2.36. The second kappa shape index (κ2) is 8.58. The van der Waals surface area contributed by atoms with E-state index in [4.69, 9.17) is 0 Å². The number of likely N-dealkylation sites (tertiary alicyclic amines) is 1. The molecule has 0 aliphatic carbocycles. The van der Waals surface area contributed by atoms with Crippen LogP contribution in [0.2, 0.25) is 0 Å². The first-order chi connectivity index (χ1) is 14.4. The number of piperazine rings is 1. The first-order valence-corrected chi connectivity index (χ1v) is 11.8. The average molecular weight is 451 g/mol. The van der Waals surface area contributed by atoms with Gasteiger partial charge in [0.05, 0.1) is 10.8 Å². The van der Waals surface area contributed by atoms with Crippen LogP contribution in [0.4, 0.5) is 5.69 Å². The molecule has 31 heavy (non-hydrogen) atoms. The molecule has 9 nitrogen and oxygen atoms in total. The summed E-state index contributed by atoms with van der Waals surface area (Å²) in [5.74, 6) is -0.714. The average Bonchev–Trinajstić information content (AvgIpc) is 3.09. The predicted octanol–water partition coefficient (Wildman–Crippen LogP) is 1.12. The van der Waals surface area contributed by atoms with E-state index in [2.05, 4.69) is 5.32 Å². The second-order valence-electron chi connectivity index (χ2n) is 9.01. The molecule has 170 valence electrons. The molecule has 1 aromatic rings. The molecule has 2 aliphatic heterocycles. The lowest BCUT2D eigenvalue weighted by atomic mass is 10.1. The first kappa shape index (κ1) is 23.2. The van der Waals surface area contributed by atoms with Gasteiger partial charge in [-0.2, -0.15) is 4.31 Å². The maximum atomic E-state index is 12.9. The second-order valence-corrected chi connectivity index (χ2v) is 10.9. The molecule has 0 bridgehead atoms. The van der Waals surface area contributed by atoms with E-state index in [1.54, 1.807) is 21.9 Å². The molecule has 0 radical (unpaired) electrons. The summed E-state index contributed by atoms with van der Waals surface area (Å²) in [5, 5.41) is 2.60. The summed E-state index contributed by atoms with van der Waals surface area (Å²) in [6, 6.07) is 6.02. The summed E-state index contributed by atoms with van der Waals surface area (Å²) in [5.41, 5.74) is 0.200. The maximum absolute atomic E-state index is 12.9. The molecule has 1 unspecified atom stereocenters. The van der Waals surface area contributed by atoms with Gasteiger partial charge in [0.25, 0.3) is 0 Å². The van der Waals surface area contributed by atoms with Gasteiger partial charge in [-0.05, 0) is 45.0 Å². The zero-order chi connectivity index (χ0) is 23.0. The SMILES string of the molecule is CC(=O)Nc1ccc(S(=O)(=O)N2CCN(C(=O)C3CC(=O)N(C(C)(C)C)C3)CC2)cc1. The van der Waals surface area contributed by atoms with Crippen LogP contribution in [-0.4, -0.2) is 78.5 Å². The van der Waals surface area contributed by atoms with Gasteiger partial charge in [0.15, 0.2) is 0 Å². The third-order valence-electron chi connectivity index (χ3n) is 5.65. The Morgan fingerprint density at radius 1 is 1.03 bits per heavy atom. The quantitative estimate of drug-likeness (QED) is 0.740. The van der Waals surface area contributed by atoms with Gasteiger partial charge < -0.3 is 15.1 Å². The largest absolute Gasteiger partial charge is 0.340 e. The van der Waals surface area contributed by atoms with Gasteiger partial charge in [0.1, 0.15) is 0 Å². The lowest BCUT2D eigenvalue weighted by molar-refractivity contribution is -0.137. The Labute approximate surface area is 183 Å². The number of benzene rings is 1. The summed E-state index contributed by atoms with van der Waals surface area (Å²) < 4.78 is 27.2. The van der Waals surface area contributed by atoms with Crippen LogP contribution in [0.15, 0.2) is 29.2 Å². The number of nitrogens with zero attached hydrogens (tertiary/aromatic N) is 3. The van der Waals surface area contributed by atoms with Crippen molar-refractivity contribution in [2.45, 2.75) is 44.6 Å². The number of carbonyl (C=O) groups excluding carboxylic acids is 3. The minimum absolute atomic E-state index is 0.0187. The minimum atomic E-state index is -3.69. The molecule has 3 amide bonds. The topological polar surface area (TPSA) is 107 Å². The van der Waals surface area contributed by atoms with E-state index in [9.17, 15) is 22.8 Å². The van der Waals surface area contributed by atoms with Crippen LogP contribution >= 0.6 is 0 Å². The third kappa shape index (κ3) is 5.07. The Kier molecular flexibility index (Phi) is 6.43. The smallest absolute Gasteiger partial charge is 0.243 e. The van der Waals surface area contributed by atoms with Crippen LogP contribution < -0.4 is 5.32 Å². The number of carbonyl (C=O) groups is 3. The number of sulfonamides is 1. The molecule has 2 aliphatic rings. The van der Waals surface area contributed by atoms with E-state index in [-0.39, 0.29) is 53.6 Å². The highest BCUT2D eigenvalue weighted by atomic mass is 32.2. The Morgan fingerprint density at radius 2 is 1.61 bits per heavy atom. The van der Waals surface area contributed by atoms with E-state index in [0.29, 0.717) is 25.3 Å². The number of hydrogen-bond acceptors (Lipinski definition) is 5. The van der Waals surface area contributed by atoms with Crippen LogP contribution in [0.1, 0.15) is 34.1 Å². The standard InChI is InChI=1S/C21H30N4O5S/c1-15(26)22-17-5-7-18(8-6-17)31(29,30)24-11-9-23(10-12-24)20(28)16-13-19(27)25(14-16)21(2,3)4/h5-8,16H,9-14H2,1-4H3,(H,22,26). The molecule has 0 spiro atoms. The molecule has 1 N–H and O–H groups in total. The molecule has 3 rings (SSSR count). The fourth-order valence-corrected chi connectivity index (χ4v) is 5.41. The van der Waals surface area contributed by atoms with Gasteiger partial charge >= 0.3 is 0 Å². The molecular weight excluding hydrogens is 420 g/mol. The van der Waals surface area contributed by atoms with Crippen molar-refractivity contribution in [3.8, 4) is 0 Å². The number of rotatable bonds is 4. The number of anilines is 1. The summed E-state index contributed by atoms with van der Waals surface area (Å²) in [7, 11) is -3.69. The third-order valence-corrected chi connectivity index (χ3v) is 7.56.